The number of rotatable bonds is 7. The SMILES string of the molecule is NC(N)=NCCCCCCN1CCC23C4C5=C(O)C=CC4CC1[C@]2(O)Cc1c(oc2ccccc12)[C@@H]3O5. The van der Waals surface area contributed by atoms with Crippen molar-refractivity contribution in [2.24, 2.45) is 33.7 Å². The van der Waals surface area contributed by atoms with E-state index in [4.69, 9.17) is 20.6 Å². The smallest absolute Gasteiger partial charge is 0.185 e. The van der Waals surface area contributed by atoms with Crippen molar-refractivity contribution in [2.75, 3.05) is 19.6 Å². The number of nitrogens with two attached hydrogens (primary N) is 2. The summed E-state index contributed by atoms with van der Waals surface area (Å²) in [5, 5.41) is 24.8. The molecule has 1 aromatic heterocycles. The molecular formula is C29H36N4O4. The highest BCUT2D eigenvalue weighted by molar-refractivity contribution is 5.83. The fourth-order valence-electron chi connectivity index (χ4n) is 8.43. The average molecular weight is 505 g/mol. The largest absolute Gasteiger partial charge is 0.504 e. The van der Waals surface area contributed by atoms with Crippen LogP contribution in [0.25, 0.3) is 11.0 Å². The number of piperidine rings is 1. The van der Waals surface area contributed by atoms with E-state index >= 15 is 0 Å². The number of nitrogens with zero attached hydrogens (tertiary/aromatic N) is 2. The third-order valence-electron chi connectivity index (χ3n) is 9.90. The van der Waals surface area contributed by atoms with E-state index in [9.17, 15) is 10.2 Å². The molecule has 2 bridgehead atoms. The number of aliphatic hydroxyl groups excluding tert-OH is 1. The third-order valence-corrected chi connectivity index (χ3v) is 9.90. The highest BCUT2D eigenvalue weighted by Gasteiger charge is 2.77. The lowest BCUT2D eigenvalue weighted by molar-refractivity contribution is -0.241. The number of guanidine groups is 1. The monoisotopic (exact) mass is 504 g/mol. The summed E-state index contributed by atoms with van der Waals surface area (Å²) in [5.41, 5.74) is 11.3. The number of likely N-dealkylation sites (tertiary alicyclic amines) is 1. The molecule has 0 radical (unpaired) electrons. The van der Waals surface area contributed by atoms with Crippen LogP contribution in [-0.4, -0.2) is 52.3 Å². The van der Waals surface area contributed by atoms with Crippen molar-refractivity contribution in [3.05, 3.63) is 59.3 Å². The number of benzene rings is 1. The minimum atomic E-state index is -0.961. The van der Waals surface area contributed by atoms with Gasteiger partial charge in [-0.05, 0) is 56.8 Å². The molecule has 2 aliphatic heterocycles. The Kier molecular flexibility index (Phi) is 5.18. The zero-order valence-corrected chi connectivity index (χ0v) is 21.1. The van der Waals surface area contributed by atoms with Crippen LogP contribution in [0, 0.1) is 17.3 Å². The van der Waals surface area contributed by atoms with Crippen molar-refractivity contribution in [2.45, 2.75) is 62.7 Å². The summed E-state index contributed by atoms with van der Waals surface area (Å²) in [4.78, 5) is 6.61. The highest BCUT2D eigenvalue weighted by Crippen LogP contribution is 2.73. The predicted octanol–water partition coefficient (Wildman–Crippen LogP) is 3.66. The first-order valence-corrected chi connectivity index (χ1v) is 13.7. The number of aliphatic hydroxyl groups is 2. The molecule has 8 nitrogen and oxygen atoms in total. The van der Waals surface area contributed by atoms with E-state index in [0.29, 0.717) is 18.7 Å². The van der Waals surface area contributed by atoms with Crippen molar-refractivity contribution in [1.82, 2.24) is 4.90 Å². The summed E-state index contributed by atoms with van der Waals surface area (Å²) in [5.74, 6) is 2.06. The number of aliphatic imine (C=N–C) groups is 1. The Balaban J connectivity index is 1.22. The van der Waals surface area contributed by atoms with Crippen LogP contribution in [0.1, 0.15) is 56.0 Å². The topological polar surface area (TPSA) is 130 Å². The molecule has 3 fully saturated rings. The van der Waals surface area contributed by atoms with Crippen LogP contribution in [0.15, 0.2) is 57.3 Å². The van der Waals surface area contributed by atoms with Gasteiger partial charge in [-0.2, -0.15) is 0 Å². The normalized spacial score (nSPS) is 35.3. The molecular weight excluding hydrogens is 468 g/mol. The van der Waals surface area contributed by atoms with Gasteiger partial charge in [-0.3, -0.25) is 9.89 Å². The lowest BCUT2D eigenvalue weighted by Crippen LogP contribution is -2.74. The van der Waals surface area contributed by atoms with E-state index < -0.39 is 17.1 Å². The summed E-state index contributed by atoms with van der Waals surface area (Å²) in [7, 11) is 0. The molecule has 6 N–H and O–H groups in total. The van der Waals surface area contributed by atoms with Gasteiger partial charge in [-0.1, -0.05) is 37.1 Å². The maximum atomic E-state index is 12.9. The number of ether oxygens (including phenoxy) is 1. The molecule has 4 unspecified atom stereocenters. The molecule has 37 heavy (non-hydrogen) atoms. The second-order valence-electron chi connectivity index (χ2n) is 11.6. The van der Waals surface area contributed by atoms with Crippen LogP contribution in [-0.2, 0) is 11.2 Å². The van der Waals surface area contributed by atoms with Crippen molar-refractivity contribution >= 4 is 16.9 Å². The van der Waals surface area contributed by atoms with Crippen LogP contribution < -0.4 is 11.5 Å². The third kappa shape index (κ3) is 3.12. The van der Waals surface area contributed by atoms with Crippen molar-refractivity contribution in [1.29, 1.82) is 0 Å². The van der Waals surface area contributed by atoms with Gasteiger partial charge < -0.3 is 30.8 Å². The van der Waals surface area contributed by atoms with Gasteiger partial charge in [-0.25, -0.2) is 0 Å². The Morgan fingerprint density at radius 3 is 2.86 bits per heavy atom. The summed E-state index contributed by atoms with van der Waals surface area (Å²) in [6.07, 6.45) is 10.0. The summed E-state index contributed by atoms with van der Waals surface area (Å²) in [6.45, 7) is 2.56. The van der Waals surface area contributed by atoms with E-state index in [1.54, 1.807) is 6.08 Å². The van der Waals surface area contributed by atoms with Crippen molar-refractivity contribution in [3.8, 4) is 0 Å². The zero-order valence-electron chi connectivity index (χ0n) is 21.1. The Labute approximate surface area is 216 Å². The maximum Gasteiger partial charge on any atom is 0.185 e. The molecule has 0 amide bonds. The maximum absolute atomic E-state index is 12.9. The van der Waals surface area contributed by atoms with Crippen molar-refractivity contribution in [3.63, 3.8) is 0 Å². The Morgan fingerprint density at radius 1 is 1.16 bits per heavy atom. The van der Waals surface area contributed by atoms with Gasteiger partial charge in [-0.15, -0.1) is 0 Å². The number of furan rings is 1. The number of hydrogen-bond acceptors (Lipinski definition) is 6. The second kappa shape index (κ2) is 8.27. The summed E-state index contributed by atoms with van der Waals surface area (Å²) in [6, 6.07) is 8.12. The molecule has 7 rings (SSSR count). The number of hydrogen-bond donors (Lipinski definition) is 4. The van der Waals surface area contributed by atoms with E-state index in [1.165, 1.54) is 0 Å². The van der Waals surface area contributed by atoms with E-state index in [0.717, 1.165) is 73.9 Å². The molecule has 6 atom stereocenters. The van der Waals surface area contributed by atoms with Gasteiger partial charge in [0, 0.05) is 35.9 Å². The molecule has 196 valence electrons. The van der Waals surface area contributed by atoms with Gasteiger partial charge in [0.15, 0.2) is 17.8 Å². The standard InChI is InChI=1S/C29H36N4O4/c30-27(31)32-12-5-1-2-6-13-33-14-11-28-23-17-9-10-20(34)25(23)37-26(28)24-19(16-29(28,35)22(33)15-17)18-7-3-4-8-21(18)36-24/h3-4,7-10,17,22-23,26,34-35H,1-2,5-6,11-16H2,(H4,30,31,32)/t17?,22?,23?,26-,28?,29+/m0/s1. The Bertz CT molecular complexity index is 1330. The minimum absolute atomic E-state index is 0.0252. The molecule has 3 aliphatic carbocycles. The van der Waals surface area contributed by atoms with Crippen molar-refractivity contribution < 1.29 is 19.4 Å². The molecule has 1 saturated carbocycles. The summed E-state index contributed by atoms with van der Waals surface area (Å²) < 4.78 is 13.1. The van der Waals surface area contributed by atoms with Gasteiger partial charge in [0.1, 0.15) is 17.1 Å². The Hall–Kier alpha value is -2.97. The highest BCUT2D eigenvalue weighted by atomic mass is 16.5. The van der Waals surface area contributed by atoms with Gasteiger partial charge in [0.25, 0.3) is 0 Å². The first-order valence-electron chi connectivity index (χ1n) is 13.7. The number of fused-ring (bicyclic) bond motifs is 4. The van der Waals surface area contributed by atoms with E-state index in [2.05, 4.69) is 22.0 Å². The average Bonchev–Trinajstić information content (AvgIpc) is 3.41. The molecule has 3 heterocycles. The first kappa shape index (κ1) is 23.2. The molecule has 1 aromatic carbocycles. The van der Waals surface area contributed by atoms with E-state index in [-0.39, 0.29) is 29.6 Å². The van der Waals surface area contributed by atoms with Crippen LogP contribution in [0.3, 0.4) is 0 Å². The first-order chi connectivity index (χ1) is 17.9. The fourth-order valence-corrected chi connectivity index (χ4v) is 8.43. The molecule has 5 aliphatic rings. The molecule has 2 saturated heterocycles. The van der Waals surface area contributed by atoms with Crippen LogP contribution in [0.4, 0.5) is 0 Å². The van der Waals surface area contributed by atoms with Gasteiger partial charge in [0.2, 0.25) is 0 Å². The van der Waals surface area contributed by atoms with Gasteiger partial charge in [0.05, 0.1) is 11.0 Å². The minimum Gasteiger partial charge on any atom is -0.504 e. The molecule has 2 aromatic rings. The molecule has 1 spiro atoms. The van der Waals surface area contributed by atoms with Crippen LogP contribution in [0.2, 0.25) is 0 Å². The van der Waals surface area contributed by atoms with Crippen LogP contribution in [0.5, 0.6) is 0 Å². The quantitative estimate of drug-likeness (QED) is 0.257. The molecule has 8 heteroatoms. The zero-order chi connectivity index (χ0) is 25.4. The van der Waals surface area contributed by atoms with Gasteiger partial charge >= 0.3 is 0 Å². The predicted molar refractivity (Wildman–Crippen MR) is 141 cm³/mol. The lowest BCUT2D eigenvalue weighted by Gasteiger charge is -2.65. The van der Waals surface area contributed by atoms with E-state index in [1.807, 2.05) is 18.2 Å². The number of allylic oxidation sites excluding steroid dienone is 3. The number of para-hydroxylation sites is 1. The fraction of sp³-hybridized carbons (Fsp3) is 0.552. The summed E-state index contributed by atoms with van der Waals surface area (Å²) >= 11 is 0. The second-order valence-corrected chi connectivity index (χ2v) is 11.6. The lowest BCUT2D eigenvalue weighted by atomic mass is 9.44. The Morgan fingerprint density at radius 2 is 2.00 bits per heavy atom. The number of unbranched alkanes of at least 4 members (excludes halogenated alkanes) is 3. The van der Waals surface area contributed by atoms with Crippen LogP contribution >= 0.6 is 0 Å².